The van der Waals surface area contributed by atoms with Crippen LogP contribution in [0.5, 0.6) is 5.75 Å². The third-order valence-corrected chi connectivity index (χ3v) is 5.88. The van der Waals surface area contributed by atoms with E-state index in [9.17, 15) is 4.79 Å². The standard InChI is InChI=1S/C23H37NO2/c1-3-4-5-6-7-8-9-17-26-21-12-10-11-20(18-21)23(2,19-13-14-19)16-15-22(24)25/h10-12,18-19H,3-9,13-17H2,1-2H3,(H2,24,25). The van der Waals surface area contributed by atoms with Crippen molar-refractivity contribution in [2.24, 2.45) is 11.7 Å². The van der Waals surface area contributed by atoms with Crippen LogP contribution < -0.4 is 10.5 Å². The number of benzene rings is 1. The molecule has 0 aromatic heterocycles. The second kappa shape index (κ2) is 10.6. The molecule has 0 heterocycles. The average Bonchev–Trinajstić information content (AvgIpc) is 3.48. The molecule has 0 radical (unpaired) electrons. The van der Waals surface area contributed by atoms with E-state index in [-0.39, 0.29) is 11.3 Å². The van der Waals surface area contributed by atoms with E-state index in [1.807, 2.05) is 6.07 Å². The zero-order valence-corrected chi connectivity index (χ0v) is 16.8. The van der Waals surface area contributed by atoms with Gasteiger partial charge in [-0.2, -0.15) is 0 Å². The fourth-order valence-electron chi connectivity index (χ4n) is 3.88. The van der Waals surface area contributed by atoms with Gasteiger partial charge < -0.3 is 10.5 Å². The molecule has 1 amide bonds. The van der Waals surface area contributed by atoms with Crippen molar-refractivity contribution in [3.05, 3.63) is 29.8 Å². The van der Waals surface area contributed by atoms with Crippen LogP contribution in [0, 0.1) is 5.92 Å². The van der Waals surface area contributed by atoms with Crippen molar-refractivity contribution >= 4 is 5.91 Å². The molecule has 1 fully saturated rings. The molecular formula is C23H37NO2. The number of primary amides is 1. The fourth-order valence-corrected chi connectivity index (χ4v) is 3.88. The van der Waals surface area contributed by atoms with Crippen molar-refractivity contribution < 1.29 is 9.53 Å². The van der Waals surface area contributed by atoms with Gasteiger partial charge in [0.2, 0.25) is 5.91 Å². The smallest absolute Gasteiger partial charge is 0.217 e. The topological polar surface area (TPSA) is 52.3 Å². The lowest BCUT2D eigenvalue weighted by atomic mass is 9.74. The van der Waals surface area contributed by atoms with Crippen LogP contribution in [-0.2, 0) is 10.2 Å². The molecule has 26 heavy (non-hydrogen) atoms. The SMILES string of the molecule is CCCCCCCCCOc1cccc(C(C)(CCC(N)=O)C2CC2)c1. The molecule has 3 heteroatoms. The predicted molar refractivity (Wildman–Crippen MR) is 108 cm³/mol. The van der Waals surface area contributed by atoms with E-state index in [2.05, 4.69) is 32.0 Å². The highest BCUT2D eigenvalue weighted by Gasteiger charge is 2.42. The Morgan fingerprint density at radius 1 is 1.15 bits per heavy atom. The molecule has 2 N–H and O–H groups in total. The molecule has 146 valence electrons. The van der Waals surface area contributed by atoms with Gasteiger partial charge in [0.05, 0.1) is 6.61 Å². The largest absolute Gasteiger partial charge is 0.494 e. The molecule has 2 rings (SSSR count). The molecule has 1 aromatic carbocycles. The predicted octanol–water partition coefficient (Wildman–Crippen LogP) is 5.75. The van der Waals surface area contributed by atoms with Crippen molar-refractivity contribution in [2.75, 3.05) is 6.61 Å². The Morgan fingerprint density at radius 2 is 1.85 bits per heavy atom. The minimum Gasteiger partial charge on any atom is -0.494 e. The third kappa shape index (κ3) is 6.66. The van der Waals surface area contributed by atoms with E-state index in [4.69, 9.17) is 10.5 Å². The molecular weight excluding hydrogens is 322 g/mol. The first-order valence-electron chi connectivity index (χ1n) is 10.6. The van der Waals surface area contributed by atoms with E-state index in [0.717, 1.165) is 25.2 Å². The van der Waals surface area contributed by atoms with Crippen LogP contribution in [0.15, 0.2) is 24.3 Å². The Hall–Kier alpha value is -1.51. The Balaban J connectivity index is 1.81. The van der Waals surface area contributed by atoms with Crippen molar-refractivity contribution in [1.29, 1.82) is 0 Å². The summed E-state index contributed by atoms with van der Waals surface area (Å²) >= 11 is 0. The van der Waals surface area contributed by atoms with Crippen LogP contribution in [0.3, 0.4) is 0 Å². The Kier molecular flexibility index (Phi) is 8.47. The molecule has 1 saturated carbocycles. The molecule has 3 nitrogen and oxygen atoms in total. The molecule has 0 aliphatic heterocycles. The lowest BCUT2D eigenvalue weighted by Crippen LogP contribution is -2.27. The number of carbonyl (C=O) groups excluding carboxylic acids is 1. The number of nitrogens with two attached hydrogens (primary N) is 1. The zero-order chi connectivity index (χ0) is 18.8. The van der Waals surface area contributed by atoms with Crippen molar-refractivity contribution in [2.45, 2.75) is 89.9 Å². The Bertz CT molecular complexity index is 553. The lowest BCUT2D eigenvalue weighted by molar-refractivity contribution is -0.118. The van der Waals surface area contributed by atoms with E-state index in [1.54, 1.807) is 0 Å². The van der Waals surface area contributed by atoms with Crippen molar-refractivity contribution in [1.82, 2.24) is 0 Å². The molecule has 0 bridgehead atoms. The van der Waals surface area contributed by atoms with Crippen LogP contribution in [0.1, 0.15) is 90.0 Å². The first-order valence-corrected chi connectivity index (χ1v) is 10.6. The summed E-state index contributed by atoms with van der Waals surface area (Å²) in [6, 6.07) is 8.49. The third-order valence-electron chi connectivity index (χ3n) is 5.88. The van der Waals surface area contributed by atoms with Gasteiger partial charge in [0.25, 0.3) is 0 Å². The lowest BCUT2D eigenvalue weighted by Gasteiger charge is -2.30. The minimum atomic E-state index is -0.205. The van der Waals surface area contributed by atoms with Crippen molar-refractivity contribution in [3.8, 4) is 5.75 Å². The van der Waals surface area contributed by atoms with E-state index in [0.29, 0.717) is 12.3 Å². The van der Waals surface area contributed by atoms with Crippen LogP contribution in [0.2, 0.25) is 0 Å². The summed E-state index contributed by atoms with van der Waals surface area (Å²) in [4.78, 5) is 11.3. The first kappa shape index (κ1) is 20.8. The van der Waals surface area contributed by atoms with E-state index < -0.39 is 0 Å². The highest BCUT2D eigenvalue weighted by atomic mass is 16.5. The molecule has 0 spiro atoms. The summed E-state index contributed by atoms with van der Waals surface area (Å²) in [6.07, 6.45) is 12.8. The van der Waals surface area contributed by atoms with Crippen LogP contribution >= 0.6 is 0 Å². The molecule has 0 saturated heterocycles. The number of amides is 1. The maximum Gasteiger partial charge on any atom is 0.217 e. The van der Waals surface area contributed by atoms with Gasteiger partial charge in [-0.15, -0.1) is 0 Å². The summed E-state index contributed by atoms with van der Waals surface area (Å²) < 4.78 is 6.00. The van der Waals surface area contributed by atoms with Gasteiger partial charge in [0, 0.05) is 6.42 Å². The maximum absolute atomic E-state index is 11.3. The van der Waals surface area contributed by atoms with Gasteiger partial charge in [-0.1, -0.05) is 64.5 Å². The zero-order valence-electron chi connectivity index (χ0n) is 16.8. The van der Waals surface area contributed by atoms with Gasteiger partial charge in [-0.05, 0) is 54.7 Å². The first-order chi connectivity index (χ1) is 12.6. The Labute approximate surface area is 159 Å². The average molecular weight is 360 g/mol. The monoisotopic (exact) mass is 359 g/mol. The second-order valence-corrected chi connectivity index (χ2v) is 8.16. The summed E-state index contributed by atoms with van der Waals surface area (Å²) in [5.41, 5.74) is 6.72. The van der Waals surface area contributed by atoms with E-state index in [1.165, 1.54) is 56.9 Å². The number of hydrogen-bond donors (Lipinski definition) is 1. The number of ether oxygens (including phenoxy) is 1. The van der Waals surface area contributed by atoms with Gasteiger partial charge in [0.15, 0.2) is 0 Å². The number of hydrogen-bond acceptors (Lipinski definition) is 2. The van der Waals surface area contributed by atoms with Crippen LogP contribution in [0.25, 0.3) is 0 Å². The van der Waals surface area contributed by atoms with E-state index >= 15 is 0 Å². The molecule has 1 atom stereocenters. The number of carbonyl (C=O) groups is 1. The van der Waals surface area contributed by atoms with Gasteiger partial charge in [0.1, 0.15) is 5.75 Å². The fraction of sp³-hybridized carbons (Fsp3) is 0.696. The number of unbranched alkanes of at least 4 members (excludes halogenated alkanes) is 6. The summed E-state index contributed by atoms with van der Waals surface area (Å²) in [5, 5.41) is 0. The highest BCUT2D eigenvalue weighted by Crippen LogP contribution is 2.50. The van der Waals surface area contributed by atoms with Gasteiger partial charge in [-0.3, -0.25) is 4.79 Å². The van der Waals surface area contributed by atoms with Crippen LogP contribution in [0.4, 0.5) is 0 Å². The highest BCUT2D eigenvalue weighted by molar-refractivity contribution is 5.73. The molecule has 1 unspecified atom stereocenters. The van der Waals surface area contributed by atoms with Gasteiger partial charge in [-0.25, -0.2) is 0 Å². The molecule has 1 aromatic rings. The normalized spacial score (nSPS) is 16.2. The summed E-state index contributed by atoms with van der Waals surface area (Å²) in [7, 11) is 0. The Morgan fingerprint density at radius 3 is 2.50 bits per heavy atom. The maximum atomic E-state index is 11.3. The summed E-state index contributed by atoms with van der Waals surface area (Å²) in [5.74, 6) is 1.42. The van der Waals surface area contributed by atoms with Crippen LogP contribution in [-0.4, -0.2) is 12.5 Å². The second-order valence-electron chi connectivity index (χ2n) is 8.16. The number of rotatable bonds is 14. The quantitative estimate of drug-likeness (QED) is 0.430. The minimum absolute atomic E-state index is 0.0354. The van der Waals surface area contributed by atoms with Crippen molar-refractivity contribution in [3.63, 3.8) is 0 Å². The van der Waals surface area contributed by atoms with Gasteiger partial charge >= 0.3 is 0 Å². The molecule has 1 aliphatic rings. The molecule has 1 aliphatic carbocycles. The summed E-state index contributed by atoms with van der Waals surface area (Å²) in [6.45, 7) is 5.33.